The van der Waals surface area contributed by atoms with Crippen LogP contribution in [-0.2, 0) is 13.1 Å². The van der Waals surface area contributed by atoms with Crippen molar-refractivity contribution < 1.29 is 4.79 Å². The molecule has 0 aliphatic heterocycles. The second-order valence-corrected chi connectivity index (χ2v) is 8.05. The Morgan fingerprint density at radius 2 is 1.97 bits per heavy atom. The van der Waals surface area contributed by atoms with Crippen molar-refractivity contribution in [1.29, 1.82) is 0 Å². The Kier molecular flexibility index (Phi) is 6.10. The molecule has 0 unspecified atom stereocenters. The molecule has 0 fully saturated rings. The van der Waals surface area contributed by atoms with E-state index in [1.165, 1.54) is 0 Å². The topological polar surface area (TPSA) is 77.1 Å². The van der Waals surface area contributed by atoms with Crippen LogP contribution in [0.4, 0.5) is 0 Å². The molecule has 0 atom stereocenters. The molecule has 2 heterocycles. The highest BCUT2D eigenvalue weighted by Crippen LogP contribution is 2.19. The SMILES string of the molecule is CCn1c(C)nc2cc(C(=O)N/N=C/c3c(C)nn(Cc4ccccc4Cl)c3C)ccc21. The van der Waals surface area contributed by atoms with Gasteiger partial charge in [-0.1, -0.05) is 29.8 Å². The van der Waals surface area contributed by atoms with Crippen LogP contribution in [0.5, 0.6) is 0 Å². The molecule has 0 aliphatic carbocycles. The van der Waals surface area contributed by atoms with Gasteiger partial charge in [0.2, 0.25) is 0 Å². The van der Waals surface area contributed by atoms with Gasteiger partial charge < -0.3 is 4.57 Å². The number of aryl methyl sites for hydroxylation is 3. The molecule has 2 aromatic carbocycles. The van der Waals surface area contributed by atoms with E-state index in [0.29, 0.717) is 17.1 Å². The quantitative estimate of drug-likeness (QED) is 0.344. The summed E-state index contributed by atoms with van der Waals surface area (Å²) in [5.41, 5.74) is 8.57. The maximum atomic E-state index is 12.6. The number of carbonyl (C=O) groups excluding carboxylic acids is 1. The third-order valence-electron chi connectivity index (χ3n) is 5.59. The number of imidazole rings is 1. The minimum absolute atomic E-state index is 0.286. The van der Waals surface area contributed by atoms with Crippen LogP contribution in [0, 0.1) is 20.8 Å². The van der Waals surface area contributed by atoms with Crippen LogP contribution in [0.25, 0.3) is 11.0 Å². The van der Waals surface area contributed by atoms with Gasteiger partial charge in [0.15, 0.2) is 0 Å². The lowest BCUT2D eigenvalue weighted by atomic mass is 10.2. The Bertz CT molecular complexity index is 1330. The Hall–Kier alpha value is -3.45. The van der Waals surface area contributed by atoms with E-state index in [1.54, 1.807) is 18.3 Å². The second-order valence-electron chi connectivity index (χ2n) is 7.64. The molecule has 32 heavy (non-hydrogen) atoms. The lowest BCUT2D eigenvalue weighted by Crippen LogP contribution is -2.17. The smallest absolute Gasteiger partial charge is 0.271 e. The predicted molar refractivity (Wildman–Crippen MR) is 127 cm³/mol. The second kappa shape index (κ2) is 8.96. The molecule has 0 bridgehead atoms. The first-order valence-corrected chi connectivity index (χ1v) is 10.8. The Morgan fingerprint density at radius 3 is 2.72 bits per heavy atom. The molecule has 0 saturated heterocycles. The predicted octanol–water partition coefficient (Wildman–Crippen LogP) is 4.64. The average Bonchev–Trinajstić information content (AvgIpc) is 3.24. The fraction of sp³-hybridized carbons (Fsp3) is 0.250. The number of hydrogen-bond donors (Lipinski definition) is 1. The first kappa shape index (κ1) is 21.8. The van der Waals surface area contributed by atoms with Crippen LogP contribution in [-0.4, -0.2) is 31.5 Å². The van der Waals surface area contributed by atoms with Crippen molar-refractivity contribution in [3.8, 4) is 0 Å². The normalized spacial score (nSPS) is 11.5. The number of nitrogens with one attached hydrogen (secondary N) is 1. The van der Waals surface area contributed by atoms with Crippen LogP contribution < -0.4 is 5.43 Å². The molecule has 1 amide bonds. The van der Waals surface area contributed by atoms with Crippen LogP contribution in [0.2, 0.25) is 5.02 Å². The van der Waals surface area contributed by atoms with E-state index in [4.69, 9.17) is 11.6 Å². The average molecular weight is 449 g/mol. The number of carbonyl (C=O) groups is 1. The van der Waals surface area contributed by atoms with E-state index in [2.05, 4.69) is 32.1 Å². The molecular weight excluding hydrogens is 424 g/mol. The van der Waals surface area contributed by atoms with Crippen molar-refractivity contribution in [3.63, 3.8) is 0 Å². The molecule has 4 aromatic rings. The van der Waals surface area contributed by atoms with E-state index >= 15 is 0 Å². The lowest BCUT2D eigenvalue weighted by molar-refractivity contribution is 0.0955. The maximum absolute atomic E-state index is 12.6. The molecule has 4 rings (SSSR count). The summed E-state index contributed by atoms with van der Waals surface area (Å²) in [5, 5.41) is 9.47. The van der Waals surface area contributed by atoms with Gasteiger partial charge >= 0.3 is 0 Å². The molecule has 0 radical (unpaired) electrons. The first-order chi connectivity index (χ1) is 15.4. The highest BCUT2D eigenvalue weighted by Gasteiger charge is 2.13. The molecule has 7 nitrogen and oxygen atoms in total. The van der Waals surface area contributed by atoms with Gasteiger partial charge in [-0.05, 0) is 57.5 Å². The monoisotopic (exact) mass is 448 g/mol. The van der Waals surface area contributed by atoms with Crippen molar-refractivity contribution in [2.75, 3.05) is 0 Å². The summed E-state index contributed by atoms with van der Waals surface area (Å²) in [6.45, 7) is 9.32. The number of halogens is 1. The number of fused-ring (bicyclic) bond motifs is 1. The van der Waals surface area contributed by atoms with Gasteiger partial charge in [0.05, 0.1) is 29.5 Å². The Labute approximate surface area is 191 Å². The van der Waals surface area contributed by atoms with Gasteiger partial charge in [-0.2, -0.15) is 10.2 Å². The summed E-state index contributed by atoms with van der Waals surface area (Å²) in [5.74, 6) is 0.642. The summed E-state index contributed by atoms with van der Waals surface area (Å²) < 4.78 is 4.00. The summed E-state index contributed by atoms with van der Waals surface area (Å²) >= 11 is 6.28. The molecular formula is C24H25ClN6O. The number of rotatable bonds is 6. The highest BCUT2D eigenvalue weighted by atomic mass is 35.5. The van der Waals surface area contributed by atoms with Crippen molar-refractivity contribution in [3.05, 3.63) is 81.4 Å². The Morgan fingerprint density at radius 1 is 1.19 bits per heavy atom. The number of nitrogens with zero attached hydrogens (tertiary/aromatic N) is 5. The fourth-order valence-corrected chi connectivity index (χ4v) is 4.05. The summed E-state index contributed by atoms with van der Waals surface area (Å²) in [4.78, 5) is 17.1. The largest absolute Gasteiger partial charge is 0.329 e. The molecule has 8 heteroatoms. The molecule has 0 aliphatic rings. The standard InChI is InChI=1S/C24H25ClN6O/c1-5-30-17(4)27-22-12-18(10-11-23(22)30)24(32)28-26-13-20-15(2)29-31(16(20)3)14-19-8-6-7-9-21(19)25/h6-13H,5,14H2,1-4H3,(H,28,32)/b26-13+. The van der Waals surface area contributed by atoms with Crippen LogP contribution in [0.15, 0.2) is 47.6 Å². The molecule has 1 N–H and O–H groups in total. The van der Waals surface area contributed by atoms with E-state index in [0.717, 1.165) is 45.9 Å². The number of amides is 1. The summed E-state index contributed by atoms with van der Waals surface area (Å²) in [6, 6.07) is 13.2. The zero-order chi connectivity index (χ0) is 22.8. The third kappa shape index (κ3) is 4.16. The minimum atomic E-state index is -0.286. The van der Waals surface area contributed by atoms with Gasteiger partial charge in [-0.25, -0.2) is 10.4 Å². The molecule has 0 saturated carbocycles. The molecule has 0 spiro atoms. The van der Waals surface area contributed by atoms with Crippen molar-refractivity contribution in [2.45, 2.75) is 40.8 Å². The van der Waals surface area contributed by atoms with E-state index in [-0.39, 0.29) is 5.91 Å². The van der Waals surface area contributed by atoms with E-state index < -0.39 is 0 Å². The lowest BCUT2D eigenvalue weighted by Gasteiger charge is -2.06. The van der Waals surface area contributed by atoms with Crippen LogP contribution in [0.3, 0.4) is 0 Å². The molecule has 164 valence electrons. The minimum Gasteiger partial charge on any atom is -0.329 e. The number of hydrazone groups is 1. The number of hydrogen-bond acceptors (Lipinski definition) is 4. The zero-order valence-electron chi connectivity index (χ0n) is 18.6. The van der Waals surface area contributed by atoms with Gasteiger partial charge in [0.25, 0.3) is 5.91 Å². The van der Waals surface area contributed by atoms with Gasteiger partial charge in [0, 0.05) is 28.4 Å². The summed E-state index contributed by atoms with van der Waals surface area (Å²) in [7, 11) is 0. The van der Waals surface area contributed by atoms with Gasteiger partial charge in [-0.3, -0.25) is 9.48 Å². The maximum Gasteiger partial charge on any atom is 0.271 e. The van der Waals surface area contributed by atoms with Crippen molar-refractivity contribution in [1.82, 2.24) is 24.8 Å². The molecule has 2 aromatic heterocycles. The number of benzene rings is 2. The Balaban J connectivity index is 1.49. The van der Waals surface area contributed by atoms with Crippen molar-refractivity contribution >= 4 is 34.8 Å². The van der Waals surface area contributed by atoms with Crippen molar-refractivity contribution in [2.24, 2.45) is 5.10 Å². The zero-order valence-corrected chi connectivity index (χ0v) is 19.3. The first-order valence-electron chi connectivity index (χ1n) is 10.5. The van der Waals surface area contributed by atoms with Gasteiger partial charge in [0.1, 0.15) is 5.82 Å². The van der Waals surface area contributed by atoms with Gasteiger partial charge in [-0.15, -0.1) is 0 Å². The third-order valence-corrected chi connectivity index (χ3v) is 5.96. The van der Waals surface area contributed by atoms with Crippen LogP contribution in [0.1, 0.15) is 45.6 Å². The van der Waals surface area contributed by atoms with E-state index in [1.807, 2.05) is 55.8 Å². The summed E-state index contributed by atoms with van der Waals surface area (Å²) in [6.07, 6.45) is 1.63. The van der Waals surface area contributed by atoms with E-state index in [9.17, 15) is 4.79 Å². The van der Waals surface area contributed by atoms with Crippen LogP contribution >= 0.6 is 11.6 Å². The highest BCUT2D eigenvalue weighted by molar-refractivity contribution is 6.31. The number of aromatic nitrogens is 4. The fourth-order valence-electron chi connectivity index (χ4n) is 3.85.